The fourth-order valence-electron chi connectivity index (χ4n) is 1.02. The Balaban J connectivity index is 2.61. The Hall–Kier alpha value is -2.03. The van der Waals surface area contributed by atoms with Gasteiger partial charge < -0.3 is 11.1 Å². The summed E-state index contributed by atoms with van der Waals surface area (Å²) in [6.07, 6.45) is 0.291. The largest absolute Gasteiger partial charge is 0.382 e. The molecule has 3 N–H and O–H groups in total. The molecule has 0 aliphatic rings. The zero-order valence-electron chi connectivity index (χ0n) is 7.82. The average Bonchev–Trinajstić information content (AvgIpc) is 2.45. The SMILES string of the molecule is Cn1nc(N)cc1C(=O)NCCC#N. The molecule has 0 bridgehead atoms. The van der Waals surface area contributed by atoms with Crippen molar-refractivity contribution in [2.45, 2.75) is 6.42 Å². The van der Waals surface area contributed by atoms with Gasteiger partial charge in [0.1, 0.15) is 11.5 Å². The van der Waals surface area contributed by atoms with Crippen LogP contribution in [-0.4, -0.2) is 22.2 Å². The molecule has 0 aliphatic carbocycles. The van der Waals surface area contributed by atoms with E-state index in [1.807, 2.05) is 6.07 Å². The molecule has 1 aromatic rings. The van der Waals surface area contributed by atoms with Crippen LogP contribution in [0.25, 0.3) is 0 Å². The Morgan fingerprint density at radius 1 is 1.86 bits per heavy atom. The summed E-state index contributed by atoms with van der Waals surface area (Å²) in [6.45, 7) is 0.334. The number of carbonyl (C=O) groups excluding carboxylic acids is 1. The van der Waals surface area contributed by atoms with Crippen molar-refractivity contribution < 1.29 is 4.79 Å². The molecule has 1 aromatic heterocycles. The van der Waals surface area contributed by atoms with Crippen LogP contribution in [0.3, 0.4) is 0 Å². The van der Waals surface area contributed by atoms with E-state index in [0.29, 0.717) is 24.5 Å². The molecule has 0 atom stereocenters. The van der Waals surface area contributed by atoms with Crippen molar-refractivity contribution >= 4 is 11.7 Å². The Morgan fingerprint density at radius 3 is 3.07 bits per heavy atom. The summed E-state index contributed by atoms with van der Waals surface area (Å²) in [5, 5.41) is 14.7. The van der Waals surface area contributed by atoms with Crippen LogP contribution in [0.4, 0.5) is 5.82 Å². The highest BCUT2D eigenvalue weighted by Crippen LogP contribution is 2.03. The second-order valence-electron chi connectivity index (χ2n) is 2.74. The third-order valence-corrected chi connectivity index (χ3v) is 1.65. The molecule has 6 nitrogen and oxygen atoms in total. The molecule has 0 aromatic carbocycles. The number of hydrogen-bond acceptors (Lipinski definition) is 4. The van der Waals surface area contributed by atoms with E-state index in [9.17, 15) is 4.79 Å². The van der Waals surface area contributed by atoms with Gasteiger partial charge in [-0.25, -0.2) is 0 Å². The van der Waals surface area contributed by atoms with Gasteiger partial charge in [0.05, 0.1) is 12.5 Å². The number of anilines is 1. The van der Waals surface area contributed by atoms with Gasteiger partial charge in [-0.1, -0.05) is 0 Å². The zero-order chi connectivity index (χ0) is 10.6. The highest BCUT2D eigenvalue weighted by Gasteiger charge is 2.10. The van der Waals surface area contributed by atoms with Crippen molar-refractivity contribution in [2.75, 3.05) is 12.3 Å². The van der Waals surface area contributed by atoms with E-state index in [1.54, 1.807) is 7.05 Å². The maximum atomic E-state index is 11.4. The molecule has 74 valence electrons. The van der Waals surface area contributed by atoms with E-state index in [0.717, 1.165) is 0 Å². The monoisotopic (exact) mass is 193 g/mol. The highest BCUT2D eigenvalue weighted by atomic mass is 16.2. The van der Waals surface area contributed by atoms with E-state index in [4.69, 9.17) is 11.0 Å². The molecule has 14 heavy (non-hydrogen) atoms. The summed E-state index contributed by atoms with van der Waals surface area (Å²) in [5.41, 5.74) is 5.80. The fourth-order valence-corrected chi connectivity index (χ4v) is 1.02. The van der Waals surface area contributed by atoms with Gasteiger partial charge in [-0.05, 0) is 0 Å². The van der Waals surface area contributed by atoms with Gasteiger partial charge in [0.25, 0.3) is 5.91 Å². The van der Waals surface area contributed by atoms with Crippen LogP contribution in [0.1, 0.15) is 16.9 Å². The number of nitriles is 1. The molecule has 1 rings (SSSR count). The number of nitrogen functional groups attached to an aromatic ring is 1. The summed E-state index contributed by atoms with van der Waals surface area (Å²) < 4.78 is 1.40. The number of nitrogens with one attached hydrogen (secondary N) is 1. The smallest absolute Gasteiger partial charge is 0.269 e. The lowest BCUT2D eigenvalue weighted by Crippen LogP contribution is -2.26. The van der Waals surface area contributed by atoms with Crippen LogP contribution in [0.5, 0.6) is 0 Å². The third kappa shape index (κ3) is 2.23. The van der Waals surface area contributed by atoms with Crippen molar-refractivity contribution in [3.8, 4) is 6.07 Å². The summed E-state index contributed by atoms with van der Waals surface area (Å²) in [6, 6.07) is 3.42. The highest BCUT2D eigenvalue weighted by molar-refractivity contribution is 5.93. The normalized spacial score (nSPS) is 9.43. The minimum Gasteiger partial charge on any atom is -0.382 e. The molecule has 0 saturated heterocycles. The van der Waals surface area contributed by atoms with Crippen molar-refractivity contribution in [3.63, 3.8) is 0 Å². The van der Waals surface area contributed by atoms with Crippen molar-refractivity contribution in [2.24, 2.45) is 7.05 Å². The van der Waals surface area contributed by atoms with Gasteiger partial charge >= 0.3 is 0 Å². The van der Waals surface area contributed by atoms with E-state index < -0.39 is 0 Å². The van der Waals surface area contributed by atoms with Crippen LogP contribution in [0, 0.1) is 11.3 Å². The number of aryl methyl sites for hydroxylation is 1. The standard InChI is InChI=1S/C8H11N5O/c1-13-6(5-7(10)12-13)8(14)11-4-2-3-9/h5H,2,4H2,1H3,(H2,10,12)(H,11,14). The van der Waals surface area contributed by atoms with E-state index >= 15 is 0 Å². The maximum absolute atomic E-state index is 11.4. The number of rotatable bonds is 3. The Bertz CT molecular complexity index is 376. The molecule has 1 amide bonds. The molecule has 1 heterocycles. The van der Waals surface area contributed by atoms with Crippen LogP contribution in [0.15, 0.2) is 6.07 Å². The molecular weight excluding hydrogens is 182 g/mol. The van der Waals surface area contributed by atoms with E-state index in [2.05, 4.69) is 10.4 Å². The Labute approximate surface area is 81.3 Å². The lowest BCUT2D eigenvalue weighted by atomic mass is 10.3. The van der Waals surface area contributed by atoms with Crippen LogP contribution in [0.2, 0.25) is 0 Å². The lowest BCUT2D eigenvalue weighted by Gasteiger charge is -2.01. The minimum atomic E-state index is -0.271. The molecule has 0 unspecified atom stereocenters. The molecular formula is C8H11N5O. The summed E-state index contributed by atoms with van der Waals surface area (Å²) in [4.78, 5) is 11.4. The van der Waals surface area contributed by atoms with Crippen LogP contribution in [-0.2, 0) is 7.05 Å². The van der Waals surface area contributed by atoms with Gasteiger partial charge in [0.15, 0.2) is 0 Å². The third-order valence-electron chi connectivity index (χ3n) is 1.65. The lowest BCUT2D eigenvalue weighted by molar-refractivity contribution is 0.0945. The minimum absolute atomic E-state index is 0.271. The number of aromatic nitrogens is 2. The van der Waals surface area contributed by atoms with Crippen LogP contribution < -0.4 is 11.1 Å². The van der Waals surface area contributed by atoms with Crippen molar-refractivity contribution in [1.82, 2.24) is 15.1 Å². The molecule has 0 spiro atoms. The summed E-state index contributed by atoms with van der Waals surface area (Å²) in [5.74, 6) is 0.0323. The first kappa shape index (κ1) is 10.1. The average molecular weight is 193 g/mol. The molecule has 6 heteroatoms. The van der Waals surface area contributed by atoms with Crippen molar-refractivity contribution in [3.05, 3.63) is 11.8 Å². The van der Waals surface area contributed by atoms with Gasteiger partial charge in [-0.3, -0.25) is 9.48 Å². The molecule has 0 aliphatic heterocycles. The quantitative estimate of drug-likeness (QED) is 0.641. The number of nitrogens with two attached hydrogens (primary N) is 1. The molecule has 0 saturated carbocycles. The fraction of sp³-hybridized carbons (Fsp3) is 0.375. The van der Waals surface area contributed by atoms with Crippen LogP contribution >= 0.6 is 0 Å². The van der Waals surface area contributed by atoms with Crippen molar-refractivity contribution in [1.29, 1.82) is 5.26 Å². The number of amides is 1. The Kier molecular flexibility index (Phi) is 3.07. The first-order valence-electron chi connectivity index (χ1n) is 4.10. The Morgan fingerprint density at radius 2 is 2.57 bits per heavy atom. The maximum Gasteiger partial charge on any atom is 0.269 e. The van der Waals surface area contributed by atoms with E-state index in [-0.39, 0.29) is 5.91 Å². The first-order valence-corrected chi connectivity index (χ1v) is 4.10. The summed E-state index contributed by atoms with van der Waals surface area (Å²) in [7, 11) is 1.63. The van der Waals surface area contributed by atoms with Gasteiger partial charge in [0.2, 0.25) is 0 Å². The molecule has 0 radical (unpaired) electrons. The predicted molar refractivity (Wildman–Crippen MR) is 50.2 cm³/mol. The predicted octanol–water partition coefficient (Wildman–Crippen LogP) is -0.354. The van der Waals surface area contributed by atoms with Gasteiger partial charge in [-0.15, -0.1) is 0 Å². The second kappa shape index (κ2) is 4.28. The van der Waals surface area contributed by atoms with Gasteiger partial charge in [-0.2, -0.15) is 10.4 Å². The van der Waals surface area contributed by atoms with Gasteiger partial charge in [0, 0.05) is 19.7 Å². The first-order chi connectivity index (χ1) is 6.65. The topological polar surface area (TPSA) is 96.7 Å². The summed E-state index contributed by atoms with van der Waals surface area (Å²) >= 11 is 0. The second-order valence-corrected chi connectivity index (χ2v) is 2.74. The number of carbonyl (C=O) groups is 1. The number of nitrogens with zero attached hydrogens (tertiary/aromatic N) is 3. The molecule has 0 fully saturated rings. The zero-order valence-corrected chi connectivity index (χ0v) is 7.82. The number of hydrogen-bond donors (Lipinski definition) is 2. The van der Waals surface area contributed by atoms with E-state index in [1.165, 1.54) is 10.7 Å².